The van der Waals surface area contributed by atoms with E-state index in [1.54, 1.807) is 11.8 Å². The first-order valence-corrected chi connectivity index (χ1v) is 8.67. The van der Waals surface area contributed by atoms with Crippen LogP contribution in [0, 0.1) is 0 Å². The van der Waals surface area contributed by atoms with Crippen molar-refractivity contribution in [1.29, 1.82) is 0 Å². The SMILES string of the molecule is CNCCN(C)c1nc(NC2CNC2)cc(C(C)SC)n1. The predicted molar refractivity (Wildman–Crippen MR) is 91.4 cm³/mol. The van der Waals surface area contributed by atoms with E-state index in [-0.39, 0.29) is 0 Å². The van der Waals surface area contributed by atoms with E-state index >= 15 is 0 Å². The number of hydrogen-bond acceptors (Lipinski definition) is 7. The van der Waals surface area contributed by atoms with Crippen LogP contribution in [-0.4, -0.2) is 62.5 Å². The van der Waals surface area contributed by atoms with Gasteiger partial charge in [-0.3, -0.25) is 0 Å². The lowest BCUT2D eigenvalue weighted by molar-refractivity contribution is 0.471. The minimum Gasteiger partial charge on any atom is -0.365 e. The number of thioether (sulfide) groups is 1. The summed E-state index contributed by atoms with van der Waals surface area (Å²) in [6, 6.07) is 2.56. The Morgan fingerprint density at radius 2 is 2.24 bits per heavy atom. The maximum absolute atomic E-state index is 4.72. The van der Waals surface area contributed by atoms with E-state index in [0.29, 0.717) is 11.3 Å². The first-order valence-electron chi connectivity index (χ1n) is 7.38. The van der Waals surface area contributed by atoms with Gasteiger partial charge in [-0.25, -0.2) is 4.98 Å². The Balaban J connectivity index is 2.18. The summed E-state index contributed by atoms with van der Waals surface area (Å²) in [5.74, 6) is 1.72. The molecule has 21 heavy (non-hydrogen) atoms. The van der Waals surface area contributed by atoms with E-state index in [1.165, 1.54) is 0 Å². The summed E-state index contributed by atoms with van der Waals surface area (Å²) in [6.45, 7) is 5.99. The number of likely N-dealkylation sites (N-methyl/N-ethyl adjacent to an activating group) is 2. The van der Waals surface area contributed by atoms with E-state index in [1.807, 2.05) is 14.1 Å². The molecule has 3 N–H and O–H groups in total. The molecule has 0 radical (unpaired) electrons. The molecule has 0 amide bonds. The second-order valence-electron chi connectivity index (χ2n) is 5.38. The zero-order chi connectivity index (χ0) is 15.2. The molecule has 1 aliphatic heterocycles. The zero-order valence-corrected chi connectivity index (χ0v) is 14.1. The lowest BCUT2D eigenvalue weighted by Crippen LogP contribution is -2.51. The van der Waals surface area contributed by atoms with Crippen LogP contribution in [0.5, 0.6) is 0 Å². The Morgan fingerprint density at radius 3 is 2.81 bits per heavy atom. The molecule has 1 fully saturated rings. The Kier molecular flexibility index (Phi) is 6.08. The van der Waals surface area contributed by atoms with Gasteiger partial charge in [-0.1, -0.05) is 0 Å². The van der Waals surface area contributed by atoms with Gasteiger partial charge in [-0.15, -0.1) is 0 Å². The van der Waals surface area contributed by atoms with Gasteiger partial charge >= 0.3 is 0 Å². The number of nitrogens with one attached hydrogen (secondary N) is 3. The third-order valence-corrected chi connectivity index (χ3v) is 4.62. The van der Waals surface area contributed by atoms with Gasteiger partial charge in [0.2, 0.25) is 5.95 Å². The molecule has 1 aromatic heterocycles. The van der Waals surface area contributed by atoms with Crippen LogP contribution in [-0.2, 0) is 0 Å². The van der Waals surface area contributed by atoms with E-state index in [0.717, 1.165) is 43.6 Å². The molecular weight excluding hydrogens is 284 g/mol. The fourth-order valence-corrected chi connectivity index (χ4v) is 2.37. The Hall–Kier alpha value is -1.05. The molecule has 1 saturated heterocycles. The number of aromatic nitrogens is 2. The molecular formula is C14H26N6S. The first-order chi connectivity index (χ1) is 10.1. The summed E-state index contributed by atoms with van der Waals surface area (Å²) in [5, 5.41) is 10.3. The highest BCUT2D eigenvalue weighted by molar-refractivity contribution is 7.98. The lowest BCUT2D eigenvalue weighted by Gasteiger charge is -2.29. The van der Waals surface area contributed by atoms with Crippen molar-refractivity contribution in [1.82, 2.24) is 20.6 Å². The molecule has 0 bridgehead atoms. The van der Waals surface area contributed by atoms with Gasteiger partial charge in [0.15, 0.2) is 0 Å². The normalized spacial score (nSPS) is 16.4. The molecule has 1 atom stereocenters. The smallest absolute Gasteiger partial charge is 0.227 e. The summed E-state index contributed by atoms with van der Waals surface area (Å²) < 4.78 is 0. The van der Waals surface area contributed by atoms with Crippen LogP contribution in [0.1, 0.15) is 17.9 Å². The minimum atomic E-state index is 0.365. The Bertz CT molecular complexity index is 451. The minimum absolute atomic E-state index is 0.365. The van der Waals surface area contributed by atoms with E-state index < -0.39 is 0 Å². The van der Waals surface area contributed by atoms with Gasteiger partial charge in [0.25, 0.3) is 0 Å². The maximum atomic E-state index is 4.72. The van der Waals surface area contributed by atoms with Gasteiger partial charge < -0.3 is 20.9 Å². The van der Waals surface area contributed by atoms with Gasteiger partial charge in [0, 0.05) is 44.5 Å². The summed E-state index contributed by atoms with van der Waals surface area (Å²) in [7, 11) is 3.99. The zero-order valence-electron chi connectivity index (χ0n) is 13.3. The van der Waals surface area contributed by atoms with E-state index in [9.17, 15) is 0 Å². The van der Waals surface area contributed by atoms with Crippen LogP contribution in [0.2, 0.25) is 0 Å². The molecule has 0 aromatic carbocycles. The standard InChI is InChI=1S/C14H26N6S/c1-10(21-4)12-7-13(17-11-8-16-9-11)19-14(18-12)20(3)6-5-15-2/h7,10-11,15-16H,5-6,8-9H2,1-4H3,(H,17,18,19). The van der Waals surface area contributed by atoms with Gasteiger partial charge in [0.05, 0.1) is 11.7 Å². The van der Waals surface area contributed by atoms with Crippen LogP contribution in [0.15, 0.2) is 6.07 Å². The molecule has 0 spiro atoms. The molecule has 2 rings (SSSR count). The quantitative estimate of drug-likeness (QED) is 0.660. The molecule has 2 heterocycles. The van der Waals surface area contributed by atoms with Crippen molar-refractivity contribution in [2.75, 3.05) is 56.7 Å². The highest BCUT2D eigenvalue weighted by Crippen LogP contribution is 2.27. The van der Waals surface area contributed by atoms with Crippen LogP contribution in [0.4, 0.5) is 11.8 Å². The van der Waals surface area contributed by atoms with Gasteiger partial charge in [-0.05, 0) is 20.2 Å². The lowest BCUT2D eigenvalue weighted by atomic mass is 10.2. The van der Waals surface area contributed by atoms with E-state index in [2.05, 4.69) is 45.1 Å². The average Bonchev–Trinajstić information content (AvgIpc) is 2.47. The molecule has 0 aliphatic carbocycles. The predicted octanol–water partition coefficient (Wildman–Crippen LogP) is 0.940. The Morgan fingerprint density at radius 1 is 1.48 bits per heavy atom. The second kappa shape index (κ2) is 7.82. The molecule has 6 nitrogen and oxygen atoms in total. The molecule has 118 valence electrons. The third kappa shape index (κ3) is 4.46. The fourth-order valence-electron chi connectivity index (χ4n) is 2.01. The average molecular weight is 310 g/mol. The van der Waals surface area contributed by atoms with Crippen molar-refractivity contribution in [3.63, 3.8) is 0 Å². The largest absolute Gasteiger partial charge is 0.365 e. The molecule has 1 aliphatic rings. The Labute approximate surface area is 131 Å². The molecule has 1 aromatic rings. The number of anilines is 2. The van der Waals surface area contributed by atoms with Crippen molar-refractivity contribution >= 4 is 23.5 Å². The summed E-state index contributed by atoms with van der Waals surface area (Å²) in [5.41, 5.74) is 1.08. The number of hydrogen-bond donors (Lipinski definition) is 3. The van der Waals surface area contributed by atoms with Crippen LogP contribution in [0.25, 0.3) is 0 Å². The fraction of sp³-hybridized carbons (Fsp3) is 0.714. The monoisotopic (exact) mass is 310 g/mol. The molecule has 7 heteroatoms. The van der Waals surface area contributed by atoms with E-state index in [4.69, 9.17) is 4.98 Å². The van der Waals surface area contributed by atoms with Crippen molar-refractivity contribution < 1.29 is 0 Å². The van der Waals surface area contributed by atoms with Crippen molar-refractivity contribution in [2.45, 2.75) is 18.2 Å². The summed E-state index contributed by atoms with van der Waals surface area (Å²) >= 11 is 1.80. The molecule has 1 unspecified atom stereocenters. The van der Waals surface area contributed by atoms with Crippen molar-refractivity contribution in [2.24, 2.45) is 0 Å². The number of rotatable bonds is 8. The van der Waals surface area contributed by atoms with Crippen molar-refractivity contribution in [3.05, 3.63) is 11.8 Å². The highest BCUT2D eigenvalue weighted by Gasteiger charge is 2.19. The van der Waals surface area contributed by atoms with Gasteiger partial charge in [-0.2, -0.15) is 16.7 Å². The summed E-state index contributed by atoms with van der Waals surface area (Å²) in [4.78, 5) is 11.5. The second-order valence-corrected chi connectivity index (χ2v) is 6.56. The van der Waals surface area contributed by atoms with Crippen LogP contribution >= 0.6 is 11.8 Å². The first kappa shape index (κ1) is 16.3. The highest BCUT2D eigenvalue weighted by atomic mass is 32.2. The van der Waals surface area contributed by atoms with Crippen molar-refractivity contribution in [3.8, 4) is 0 Å². The van der Waals surface area contributed by atoms with Crippen LogP contribution < -0.4 is 20.9 Å². The molecule has 0 saturated carbocycles. The maximum Gasteiger partial charge on any atom is 0.227 e. The number of nitrogens with zero attached hydrogens (tertiary/aromatic N) is 3. The van der Waals surface area contributed by atoms with Crippen LogP contribution in [0.3, 0.4) is 0 Å². The third-order valence-electron chi connectivity index (χ3n) is 3.68. The topological polar surface area (TPSA) is 65.1 Å². The summed E-state index contributed by atoms with van der Waals surface area (Å²) in [6.07, 6.45) is 2.11. The van der Waals surface area contributed by atoms with Gasteiger partial charge in [0.1, 0.15) is 5.82 Å².